The highest BCUT2D eigenvalue weighted by molar-refractivity contribution is 6.31. The third-order valence-corrected chi connectivity index (χ3v) is 6.62. The van der Waals surface area contributed by atoms with Gasteiger partial charge in [-0.1, -0.05) is 84.4 Å². The quantitative estimate of drug-likeness (QED) is 0.186. The number of benzene rings is 4. The summed E-state index contributed by atoms with van der Waals surface area (Å²) in [4.78, 5) is 21.0. The van der Waals surface area contributed by atoms with Gasteiger partial charge in [-0.3, -0.25) is 10.1 Å². The Labute approximate surface area is 217 Å². The van der Waals surface area contributed by atoms with Gasteiger partial charge in [0.15, 0.2) is 0 Å². The Balaban J connectivity index is 1.54. The summed E-state index contributed by atoms with van der Waals surface area (Å²) in [6, 6.07) is 31.6. The van der Waals surface area contributed by atoms with E-state index in [0.29, 0.717) is 17.4 Å². The van der Waals surface area contributed by atoms with Gasteiger partial charge in [0, 0.05) is 34.5 Å². The number of fused-ring (bicyclic) bond motifs is 1. The van der Waals surface area contributed by atoms with Crippen molar-refractivity contribution < 1.29 is 4.92 Å². The number of anilines is 1. The first kappa shape index (κ1) is 22.8. The maximum Gasteiger partial charge on any atom is 0.269 e. The zero-order valence-corrected chi connectivity index (χ0v) is 20.3. The molecule has 180 valence electrons. The number of rotatable bonds is 5. The average Bonchev–Trinajstić information content (AvgIpc) is 3.39. The summed E-state index contributed by atoms with van der Waals surface area (Å²) < 4.78 is 0. The summed E-state index contributed by atoms with van der Waals surface area (Å²) in [5.41, 5.74) is 5.04. The average molecular weight is 506 g/mol. The standard InChI is InChI=1S/C29H20ClN5O2/c30-22-14-15-25-24(17-22)28(20-10-5-2-6-11-20)32-29(31-25)34-27(21-12-7-13-23(16-21)35(36)37)18-26(33-34)19-8-3-1-4-9-19/h1-17,27H,18H2/t27-/m0/s1. The number of nitro benzene ring substituents is 1. The van der Waals surface area contributed by atoms with Crippen LogP contribution in [0.15, 0.2) is 108 Å². The lowest BCUT2D eigenvalue weighted by molar-refractivity contribution is -0.384. The monoisotopic (exact) mass is 505 g/mol. The molecular formula is C29H20ClN5O2. The third kappa shape index (κ3) is 4.41. The van der Waals surface area contributed by atoms with E-state index in [-0.39, 0.29) is 16.7 Å². The lowest BCUT2D eigenvalue weighted by Crippen LogP contribution is -2.21. The van der Waals surface area contributed by atoms with Crippen LogP contribution in [0.3, 0.4) is 0 Å². The predicted molar refractivity (Wildman–Crippen MR) is 146 cm³/mol. The molecule has 0 spiro atoms. The lowest BCUT2D eigenvalue weighted by Gasteiger charge is -2.23. The second kappa shape index (κ2) is 9.44. The topological polar surface area (TPSA) is 84.5 Å². The molecule has 7 nitrogen and oxygen atoms in total. The molecular weight excluding hydrogens is 486 g/mol. The van der Waals surface area contributed by atoms with E-state index >= 15 is 0 Å². The lowest BCUT2D eigenvalue weighted by atomic mass is 9.98. The molecule has 37 heavy (non-hydrogen) atoms. The summed E-state index contributed by atoms with van der Waals surface area (Å²) in [6.07, 6.45) is 0.549. The molecule has 1 aliphatic heterocycles. The van der Waals surface area contributed by atoms with Crippen LogP contribution in [0.4, 0.5) is 11.6 Å². The van der Waals surface area contributed by atoms with Gasteiger partial charge < -0.3 is 0 Å². The first-order valence-corrected chi connectivity index (χ1v) is 12.1. The molecule has 0 bridgehead atoms. The van der Waals surface area contributed by atoms with Crippen LogP contribution in [-0.2, 0) is 0 Å². The minimum absolute atomic E-state index is 0.0321. The minimum atomic E-state index is -0.383. The van der Waals surface area contributed by atoms with Crippen molar-refractivity contribution in [2.24, 2.45) is 5.10 Å². The van der Waals surface area contributed by atoms with Crippen molar-refractivity contribution in [2.45, 2.75) is 12.5 Å². The van der Waals surface area contributed by atoms with Crippen LogP contribution in [-0.4, -0.2) is 20.6 Å². The molecule has 0 radical (unpaired) electrons. The number of hydrogen-bond donors (Lipinski definition) is 0. The third-order valence-electron chi connectivity index (χ3n) is 6.38. The minimum Gasteiger partial charge on any atom is -0.258 e. The number of hydrazone groups is 1. The Kier molecular flexibility index (Phi) is 5.82. The molecule has 1 aliphatic rings. The summed E-state index contributed by atoms with van der Waals surface area (Å²) in [6.45, 7) is 0. The van der Waals surface area contributed by atoms with Gasteiger partial charge in [0.25, 0.3) is 5.69 Å². The summed E-state index contributed by atoms with van der Waals surface area (Å²) in [5.74, 6) is 0.413. The van der Waals surface area contributed by atoms with Crippen molar-refractivity contribution in [3.05, 3.63) is 129 Å². The molecule has 0 amide bonds. The molecule has 4 aromatic carbocycles. The second-order valence-electron chi connectivity index (χ2n) is 8.73. The van der Waals surface area contributed by atoms with Gasteiger partial charge in [-0.05, 0) is 29.3 Å². The fraction of sp³-hybridized carbons (Fsp3) is 0.0690. The number of aromatic nitrogens is 2. The predicted octanol–water partition coefficient (Wildman–Crippen LogP) is 7.21. The van der Waals surface area contributed by atoms with Crippen LogP contribution in [0, 0.1) is 10.1 Å². The molecule has 0 fully saturated rings. The molecule has 0 N–H and O–H groups in total. The van der Waals surface area contributed by atoms with E-state index < -0.39 is 0 Å². The molecule has 0 saturated heterocycles. The number of nitrogens with zero attached hydrogens (tertiary/aromatic N) is 5. The van der Waals surface area contributed by atoms with Gasteiger partial charge in [0.2, 0.25) is 5.95 Å². The van der Waals surface area contributed by atoms with Crippen LogP contribution in [0.25, 0.3) is 22.2 Å². The van der Waals surface area contributed by atoms with Crippen LogP contribution in [0.1, 0.15) is 23.6 Å². The van der Waals surface area contributed by atoms with Crippen LogP contribution >= 0.6 is 11.6 Å². The van der Waals surface area contributed by atoms with E-state index in [4.69, 9.17) is 26.7 Å². The van der Waals surface area contributed by atoms with Gasteiger partial charge in [0.1, 0.15) is 0 Å². The molecule has 8 heteroatoms. The molecule has 0 aliphatic carbocycles. The Bertz CT molecular complexity index is 1660. The van der Waals surface area contributed by atoms with Gasteiger partial charge >= 0.3 is 0 Å². The molecule has 1 aromatic heterocycles. The highest BCUT2D eigenvalue weighted by atomic mass is 35.5. The van der Waals surface area contributed by atoms with Crippen molar-refractivity contribution in [3.8, 4) is 11.3 Å². The number of non-ortho nitro benzene ring substituents is 1. The van der Waals surface area contributed by atoms with E-state index in [9.17, 15) is 10.1 Å². The molecule has 5 aromatic rings. The van der Waals surface area contributed by atoms with Crippen molar-refractivity contribution in [1.29, 1.82) is 0 Å². The van der Waals surface area contributed by atoms with Crippen LogP contribution in [0.2, 0.25) is 5.02 Å². The molecule has 1 atom stereocenters. The summed E-state index contributed by atoms with van der Waals surface area (Å²) in [7, 11) is 0. The van der Waals surface area contributed by atoms with E-state index in [0.717, 1.165) is 39.0 Å². The fourth-order valence-corrected chi connectivity index (χ4v) is 4.78. The molecule has 6 rings (SSSR count). The van der Waals surface area contributed by atoms with Crippen molar-refractivity contribution in [1.82, 2.24) is 9.97 Å². The van der Waals surface area contributed by atoms with E-state index in [1.165, 1.54) is 6.07 Å². The Morgan fingerprint density at radius 2 is 1.57 bits per heavy atom. The van der Waals surface area contributed by atoms with Crippen molar-refractivity contribution >= 4 is 39.9 Å². The normalized spacial score (nSPS) is 15.1. The van der Waals surface area contributed by atoms with Crippen molar-refractivity contribution in [3.63, 3.8) is 0 Å². The molecule has 0 saturated carbocycles. The largest absolute Gasteiger partial charge is 0.269 e. The zero-order valence-electron chi connectivity index (χ0n) is 19.5. The Morgan fingerprint density at radius 3 is 2.30 bits per heavy atom. The maximum atomic E-state index is 11.5. The zero-order chi connectivity index (χ0) is 25.4. The van der Waals surface area contributed by atoms with E-state index in [1.54, 1.807) is 23.2 Å². The second-order valence-corrected chi connectivity index (χ2v) is 9.17. The number of nitro groups is 1. The first-order chi connectivity index (χ1) is 18.1. The number of halogens is 1. The Hall–Kier alpha value is -4.62. The van der Waals surface area contributed by atoms with Crippen molar-refractivity contribution in [2.75, 3.05) is 5.01 Å². The van der Waals surface area contributed by atoms with Gasteiger partial charge in [0.05, 0.1) is 27.9 Å². The molecule has 2 heterocycles. The SMILES string of the molecule is O=[N+]([O-])c1cccc([C@@H]2CC(c3ccccc3)=NN2c2nc(-c3ccccc3)c3cc(Cl)ccc3n2)c1. The summed E-state index contributed by atoms with van der Waals surface area (Å²) in [5, 5.41) is 19.7. The van der Waals surface area contributed by atoms with Gasteiger partial charge in [-0.25, -0.2) is 15.0 Å². The smallest absolute Gasteiger partial charge is 0.258 e. The fourth-order valence-electron chi connectivity index (χ4n) is 4.61. The van der Waals surface area contributed by atoms with Crippen LogP contribution in [0.5, 0.6) is 0 Å². The maximum absolute atomic E-state index is 11.5. The summed E-state index contributed by atoms with van der Waals surface area (Å²) >= 11 is 6.33. The number of hydrogen-bond acceptors (Lipinski definition) is 6. The van der Waals surface area contributed by atoms with Gasteiger partial charge in [-0.15, -0.1) is 0 Å². The molecule has 0 unspecified atom stereocenters. The van der Waals surface area contributed by atoms with Gasteiger partial charge in [-0.2, -0.15) is 5.10 Å². The Morgan fingerprint density at radius 1 is 0.838 bits per heavy atom. The highest BCUT2D eigenvalue weighted by Gasteiger charge is 2.33. The van der Waals surface area contributed by atoms with Crippen LogP contribution < -0.4 is 5.01 Å². The first-order valence-electron chi connectivity index (χ1n) is 11.8. The van der Waals surface area contributed by atoms with E-state index in [2.05, 4.69) is 0 Å². The van der Waals surface area contributed by atoms with E-state index in [1.807, 2.05) is 78.9 Å². The highest BCUT2D eigenvalue weighted by Crippen LogP contribution is 2.38.